The Bertz CT molecular complexity index is 647. The van der Waals surface area contributed by atoms with Gasteiger partial charge in [0.25, 0.3) is 0 Å². The molecule has 6 heteroatoms. The van der Waals surface area contributed by atoms with Crippen LogP contribution in [-0.4, -0.2) is 39.6 Å². The number of carboxylic acid groups (broad SMARTS) is 1. The van der Waals surface area contributed by atoms with Crippen molar-refractivity contribution in [3.63, 3.8) is 0 Å². The molecule has 1 aliphatic rings. The van der Waals surface area contributed by atoms with Crippen LogP contribution >= 0.6 is 11.8 Å². The van der Waals surface area contributed by atoms with Gasteiger partial charge in [-0.15, -0.1) is 0 Å². The predicted molar refractivity (Wildman–Crippen MR) is 77.3 cm³/mol. The van der Waals surface area contributed by atoms with E-state index in [1.807, 2.05) is 19.1 Å². The fourth-order valence-corrected chi connectivity index (χ4v) is 3.29. The highest BCUT2D eigenvalue weighted by Crippen LogP contribution is 2.31. The fraction of sp³-hybridized carbons (Fsp3) is 0.429. The van der Waals surface area contributed by atoms with E-state index < -0.39 is 5.97 Å². The van der Waals surface area contributed by atoms with Gasteiger partial charge < -0.3 is 14.4 Å². The average Bonchev–Trinajstić information content (AvgIpc) is 3.02. The lowest BCUT2D eigenvalue weighted by Crippen LogP contribution is -2.11. The SMILES string of the molecule is Cc1ccc2nc(SCC(=O)O)n(C3CCOC3)c2c1. The van der Waals surface area contributed by atoms with Crippen LogP contribution in [-0.2, 0) is 9.53 Å². The highest BCUT2D eigenvalue weighted by molar-refractivity contribution is 7.99. The van der Waals surface area contributed by atoms with Gasteiger partial charge in [0.1, 0.15) is 0 Å². The molecule has 0 bridgehead atoms. The van der Waals surface area contributed by atoms with Crippen LogP contribution in [0, 0.1) is 6.92 Å². The third kappa shape index (κ3) is 2.53. The summed E-state index contributed by atoms with van der Waals surface area (Å²) in [7, 11) is 0. The summed E-state index contributed by atoms with van der Waals surface area (Å²) in [6, 6.07) is 6.36. The molecule has 5 nitrogen and oxygen atoms in total. The lowest BCUT2D eigenvalue weighted by atomic mass is 10.2. The quantitative estimate of drug-likeness (QED) is 0.877. The number of aliphatic carboxylic acids is 1. The lowest BCUT2D eigenvalue weighted by Gasteiger charge is -2.14. The average molecular weight is 292 g/mol. The molecule has 3 rings (SSSR count). The van der Waals surface area contributed by atoms with Gasteiger partial charge in [0.2, 0.25) is 0 Å². The molecule has 1 aromatic heterocycles. The molecule has 1 aliphatic heterocycles. The molecule has 1 atom stereocenters. The molecule has 2 heterocycles. The van der Waals surface area contributed by atoms with Crippen LogP contribution in [0.5, 0.6) is 0 Å². The van der Waals surface area contributed by atoms with Crippen molar-refractivity contribution in [3.8, 4) is 0 Å². The number of aromatic nitrogens is 2. The largest absolute Gasteiger partial charge is 0.481 e. The van der Waals surface area contributed by atoms with Crippen LogP contribution in [0.2, 0.25) is 0 Å². The minimum absolute atomic E-state index is 0.0237. The van der Waals surface area contributed by atoms with Crippen LogP contribution in [0.15, 0.2) is 23.4 Å². The Balaban J connectivity index is 2.06. The molecule has 1 N–H and O–H groups in total. The standard InChI is InChI=1S/C14H16N2O3S/c1-9-2-3-11-12(6-9)16(10-4-5-19-7-10)14(15-11)20-8-13(17)18/h2-3,6,10H,4-5,7-8H2,1H3,(H,17,18). The number of carboxylic acids is 1. The zero-order valence-corrected chi connectivity index (χ0v) is 12.0. The molecule has 1 unspecified atom stereocenters. The van der Waals surface area contributed by atoms with Gasteiger partial charge >= 0.3 is 5.97 Å². The van der Waals surface area contributed by atoms with E-state index in [0.717, 1.165) is 29.2 Å². The zero-order valence-electron chi connectivity index (χ0n) is 11.2. The minimum Gasteiger partial charge on any atom is -0.481 e. The third-order valence-corrected chi connectivity index (χ3v) is 4.35. The molecule has 106 valence electrons. The smallest absolute Gasteiger partial charge is 0.313 e. The molecular weight excluding hydrogens is 276 g/mol. The molecule has 0 aliphatic carbocycles. The monoisotopic (exact) mass is 292 g/mol. The summed E-state index contributed by atoms with van der Waals surface area (Å²) in [5, 5.41) is 9.63. The number of rotatable bonds is 4. The van der Waals surface area contributed by atoms with Gasteiger partial charge in [-0.3, -0.25) is 4.79 Å². The molecule has 20 heavy (non-hydrogen) atoms. The summed E-state index contributed by atoms with van der Waals surface area (Å²) in [6.07, 6.45) is 0.944. The second-order valence-electron chi connectivity index (χ2n) is 4.96. The molecule has 0 radical (unpaired) electrons. The second kappa shape index (κ2) is 5.46. The molecule has 0 saturated carbocycles. The number of imidazole rings is 1. The summed E-state index contributed by atoms with van der Waals surface area (Å²) in [5.41, 5.74) is 3.15. The molecule has 2 aromatic rings. The van der Waals surface area contributed by atoms with E-state index in [1.54, 1.807) is 0 Å². The molecule has 1 fully saturated rings. The molecule has 0 spiro atoms. The van der Waals surface area contributed by atoms with Gasteiger partial charge in [-0.25, -0.2) is 4.98 Å². The van der Waals surface area contributed by atoms with Crippen molar-refractivity contribution in [2.75, 3.05) is 19.0 Å². The van der Waals surface area contributed by atoms with Crippen molar-refractivity contribution in [2.45, 2.75) is 24.5 Å². The number of fused-ring (bicyclic) bond motifs is 1. The number of hydrogen-bond donors (Lipinski definition) is 1. The normalized spacial score (nSPS) is 18.8. The summed E-state index contributed by atoms with van der Waals surface area (Å²) in [6.45, 7) is 3.46. The van der Waals surface area contributed by atoms with Gasteiger partial charge in [0, 0.05) is 6.61 Å². The first-order valence-corrected chi connectivity index (χ1v) is 7.54. The van der Waals surface area contributed by atoms with Gasteiger partial charge in [-0.05, 0) is 31.0 Å². The van der Waals surface area contributed by atoms with Crippen LogP contribution in [0.25, 0.3) is 11.0 Å². The van der Waals surface area contributed by atoms with Crippen molar-refractivity contribution >= 4 is 28.8 Å². The number of aryl methyl sites for hydroxylation is 1. The molecular formula is C14H16N2O3S. The zero-order chi connectivity index (χ0) is 14.1. The Kier molecular flexibility index (Phi) is 3.67. The minimum atomic E-state index is -0.826. The van der Waals surface area contributed by atoms with Gasteiger partial charge in [-0.1, -0.05) is 17.8 Å². The van der Waals surface area contributed by atoms with E-state index in [9.17, 15) is 4.79 Å². The second-order valence-corrected chi connectivity index (χ2v) is 5.90. The number of carbonyl (C=O) groups is 1. The van der Waals surface area contributed by atoms with Crippen LogP contribution in [0.1, 0.15) is 18.0 Å². The summed E-state index contributed by atoms with van der Waals surface area (Å²) >= 11 is 1.27. The Labute approximate surface area is 120 Å². The first-order chi connectivity index (χ1) is 9.65. The van der Waals surface area contributed by atoms with E-state index >= 15 is 0 Å². The van der Waals surface area contributed by atoms with Crippen molar-refractivity contribution in [2.24, 2.45) is 0 Å². The number of nitrogens with zero attached hydrogens (tertiary/aromatic N) is 2. The fourth-order valence-electron chi connectivity index (χ4n) is 2.49. The number of benzene rings is 1. The summed E-state index contributed by atoms with van der Waals surface area (Å²) < 4.78 is 7.61. The Morgan fingerprint density at radius 1 is 1.60 bits per heavy atom. The van der Waals surface area contributed by atoms with Crippen LogP contribution in [0.4, 0.5) is 0 Å². The van der Waals surface area contributed by atoms with Crippen molar-refractivity contribution in [1.29, 1.82) is 0 Å². The maximum Gasteiger partial charge on any atom is 0.313 e. The van der Waals surface area contributed by atoms with Crippen LogP contribution < -0.4 is 0 Å². The van der Waals surface area contributed by atoms with E-state index in [2.05, 4.69) is 15.6 Å². The van der Waals surface area contributed by atoms with E-state index in [-0.39, 0.29) is 11.8 Å². The third-order valence-electron chi connectivity index (χ3n) is 3.41. The predicted octanol–water partition coefficient (Wildman–Crippen LogP) is 2.48. The topological polar surface area (TPSA) is 64.3 Å². The summed E-state index contributed by atoms with van der Waals surface area (Å²) in [4.78, 5) is 15.4. The van der Waals surface area contributed by atoms with Crippen molar-refractivity contribution in [3.05, 3.63) is 23.8 Å². The van der Waals surface area contributed by atoms with Gasteiger partial charge in [0.05, 0.1) is 29.4 Å². The highest BCUT2D eigenvalue weighted by atomic mass is 32.2. The molecule has 1 aromatic carbocycles. The molecule has 1 saturated heterocycles. The Hall–Kier alpha value is -1.53. The van der Waals surface area contributed by atoms with E-state index in [0.29, 0.717) is 6.61 Å². The van der Waals surface area contributed by atoms with Crippen LogP contribution in [0.3, 0.4) is 0 Å². The number of thioether (sulfide) groups is 1. The number of ether oxygens (including phenoxy) is 1. The van der Waals surface area contributed by atoms with Crippen molar-refractivity contribution in [1.82, 2.24) is 9.55 Å². The summed E-state index contributed by atoms with van der Waals surface area (Å²) in [5.74, 6) is -0.803. The number of hydrogen-bond acceptors (Lipinski definition) is 4. The first kappa shape index (κ1) is 13.5. The maximum absolute atomic E-state index is 10.8. The first-order valence-electron chi connectivity index (χ1n) is 6.56. The Morgan fingerprint density at radius 3 is 3.15 bits per heavy atom. The van der Waals surface area contributed by atoms with Gasteiger partial charge in [-0.2, -0.15) is 0 Å². The van der Waals surface area contributed by atoms with E-state index in [1.165, 1.54) is 17.3 Å². The molecule has 0 amide bonds. The Morgan fingerprint density at radius 2 is 2.45 bits per heavy atom. The van der Waals surface area contributed by atoms with Crippen molar-refractivity contribution < 1.29 is 14.6 Å². The highest BCUT2D eigenvalue weighted by Gasteiger charge is 2.23. The maximum atomic E-state index is 10.8. The lowest BCUT2D eigenvalue weighted by molar-refractivity contribution is -0.133. The van der Waals surface area contributed by atoms with E-state index in [4.69, 9.17) is 9.84 Å². The van der Waals surface area contributed by atoms with Gasteiger partial charge in [0.15, 0.2) is 5.16 Å².